The van der Waals surface area contributed by atoms with Gasteiger partial charge in [-0.25, -0.2) is 4.98 Å². The van der Waals surface area contributed by atoms with Crippen LogP contribution in [0.3, 0.4) is 0 Å². The van der Waals surface area contributed by atoms with E-state index in [-0.39, 0.29) is 11.9 Å². The molecule has 3 nitrogen and oxygen atoms in total. The molecule has 0 aromatic carbocycles. The minimum absolute atomic E-state index is 0.0423. The number of carbonyl (C=O) groups is 1. The maximum absolute atomic E-state index is 11.2. The van der Waals surface area contributed by atoms with Gasteiger partial charge in [0, 0.05) is 16.9 Å². The smallest absolute Gasteiger partial charge is 0.309 e. The van der Waals surface area contributed by atoms with Crippen LogP contribution in [0.5, 0.6) is 0 Å². The molecule has 16 heavy (non-hydrogen) atoms. The van der Waals surface area contributed by atoms with Gasteiger partial charge < -0.3 is 4.74 Å². The lowest BCUT2D eigenvalue weighted by molar-refractivity contribution is -0.143. The molecular formula is C11H17NO2S2. The zero-order valence-electron chi connectivity index (χ0n) is 9.86. The normalized spacial score (nSPS) is 12.4. The first-order chi connectivity index (χ1) is 7.67. The van der Waals surface area contributed by atoms with Gasteiger partial charge in [-0.05, 0) is 6.42 Å². The van der Waals surface area contributed by atoms with E-state index in [1.165, 1.54) is 12.1 Å². The van der Waals surface area contributed by atoms with Gasteiger partial charge in [-0.2, -0.15) is 11.8 Å². The van der Waals surface area contributed by atoms with Crippen molar-refractivity contribution in [3.05, 3.63) is 16.1 Å². The van der Waals surface area contributed by atoms with Crippen molar-refractivity contribution in [3.63, 3.8) is 0 Å². The van der Waals surface area contributed by atoms with Crippen LogP contribution < -0.4 is 0 Å². The maximum atomic E-state index is 11.2. The Morgan fingerprint density at radius 2 is 2.44 bits per heavy atom. The van der Waals surface area contributed by atoms with Gasteiger partial charge in [0.05, 0.1) is 23.7 Å². The van der Waals surface area contributed by atoms with Crippen LogP contribution in [0.1, 0.15) is 24.5 Å². The average molecular weight is 259 g/mol. The van der Waals surface area contributed by atoms with E-state index in [0.717, 1.165) is 23.6 Å². The van der Waals surface area contributed by atoms with Crippen molar-refractivity contribution >= 4 is 29.1 Å². The van der Waals surface area contributed by atoms with Crippen molar-refractivity contribution in [3.8, 4) is 0 Å². The Bertz CT molecular complexity index is 338. The second-order valence-electron chi connectivity index (χ2n) is 3.53. The van der Waals surface area contributed by atoms with Crippen LogP contribution in [0.15, 0.2) is 5.38 Å². The number of hydrogen-bond acceptors (Lipinski definition) is 5. The minimum atomic E-state index is -0.139. The highest BCUT2D eigenvalue weighted by atomic mass is 32.2. The number of aromatic nitrogens is 1. The molecule has 1 heterocycles. The molecule has 0 radical (unpaired) electrons. The van der Waals surface area contributed by atoms with Crippen LogP contribution in [-0.2, 0) is 21.7 Å². The number of rotatable bonds is 6. The van der Waals surface area contributed by atoms with E-state index in [9.17, 15) is 4.79 Å². The zero-order chi connectivity index (χ0) is 12.0. The van der Waals surface area contributed by atoms with E-state index in [1.54, 1.807) is 23.1 Å². The standard InChI is InChI=1S/C11H17NO2S2/c1-4-10-12-9(7-16-10)6-15-5-8(2)11(13)14-3/h7-8H,4-6H2,1-3H3. The SMILES string of the molecule is CCc1nc(CSCC(C)C(=O)OC)cs1. The van der Waals surface area contributed by atoms with Crippen molar-refractivity contribution in [1.82, 2.24) is 4.98 Å². The number of carbonyl (C=O) groups excluding carboxylic acids is 1. The molecule has 0 bridgehead atoms. The summed E-state index contributed by atoms with van der Waals surface area (Å²) in [5.41, 5.74) is 1.11. The predicted molar refractivity (Wildman–Crippen MR) is 68.8 cm³/mol. The van der Waals surface area contributed by atoms with Crippen molar-refractivity contribution in [2.75, 3.05) is 12.9 Å². The Morgan fingerprint density at radius 1 is 1.69 bits per heavy atom. The number of thiazole rings is 1. The molecule has 5 heteroatoms. The van der Waals surface area contributed by atoms with Gasteiger partial charge in [0.1, 0.15) is 0 Å². The van der Waals surface area contributed by atoms with E-state index in [4.69, 9.17) is 0 Å². The molecule has 0 aliphatic rings. The summed E-state index contributed by atoms with van der Waals surface area (Å²) in [5.74, 6) is 1.48. The van der Waals surface area contributed by atoms with Crippen LogP contribution in [0, 0.1) is 5.92 Å². The molecule has 0 aliphatic heterocycles. The average Bonchev–Trinajstić information content (AvgIpc) is 2.75. The number of esters is 1. The molecule has 1 atom stereocenters. The van der Waals surface area contributed by atoms with Gasteiger partial charge in [-0.15, -0.1) is 11.3 Å². The summed E-state index contributed by atoms with van der Waals surface area (Å²) in [6.07, 6.45) is 0.994. The predicted octanol–water partition coefficient (Wildman–Crippen LogP) is 2.75. The molecule has 1 unspecified atom stereocenters. The van der Waals surface area contributed by atoms with Gasteiger partial charge >= 0.3 is 5.97 Å². The molecule has 1 aromatic heterocycles. The first kappa shape index (κ1) is 13.5. The highest BCUT2D eigenvalue weighted by Crippen LogP contribution is 2.18. The van der Waals surface area contributed by atoms with Gasteiger partial charge in [-0.1, -0.05) is 13.8 Å². The van der Waals surface area contributed by atoms with Gasteiger partial charge in [0.25, 0.3) is 0 Å². The number of hydrogen-bond donors (Lipinski definition) is 0. The second-order valence-corrected chi connectivity index (χ2v) is 5.50. The van der Waals surface area contributed by atoms with Gasteiger partial charge in [0.15, 0.2) is 0 Å². The summed E-state index contributed by atoms with van der Waals surface area (Å²) in [5, 5.41) is 3.27. The van der Waals surface area contributed by atoms with Crippen LogP contribution in [0.25, 0.3) is 0 Å². The Balaban J connectivity index is 2.27. The third kappa shape index (κ3) is 4.14. The fraction of sp³-hybridized carbons (Fsp3) is 0.636. The highest BCUT2D eigenvalue weighted by Gasteiger charge is 2.12. The lowest BCUT2D eigenvalue weighted by atomic mass is 10.2. The molecule has 0 saturated carbocycles. The molecule has 0 N–H and O–H groups in total. The maximum Gasteiger partial charge on any atom is 0.309 e. The number of nitrogens with zero attached hydrogens (tertiary/aromatic N) is 1. The second kappa shape index (κ2) is 6.91. The Labute approximate surface area is 105 Å². The molecule has 1 rings (SSSR count). The molecular weight excluding hydrogens is 242 g/mol. The third-order valence-corrected chi connectivity index (χ3v) is 4.40. The lowest BCUT2D eigenvalue weighted by Crippen LogP contribution is -2.14. The quantitative estimate of drug-likeness (QED) is 0.736. The summed E-state index contributed by atoms with van der Waals surface area (Å²) in [4.78, 5) is 15.6. The van der Waals surface area contributed by atoms with Crippen molar-refractivity contribution in [1.29, 1.82) is 0 Å². The molecule has 0 aliphatic carbocycles. The molecule has 0 amide bonds. The van der Waals surface area contributed by atoms with E-state index < -0.39 is 0 Å². The summed E-state index contributed by atoms with van der Waals surface area (Å²) >= 11 is 3.43. The number of ether oxygens (including phenoxy) is 1. The fourth-order valence-electron chi connectivity index (χ4n) is 1.19. The Kier molecular flexibility index (Phi) is 5.84. The van der Waals surface area contributed by atoms with E-state index in [2.05, 4.69) is 22.0 Å². The van der Waals surface area contributed by atoms with E-state index >= 15 is 0 Å². The number of thioether (sulfide) groups is 1. The fourth-order valence-corrected chi connectivity index (χ4v) is 3.00. The Hall–Kier alpha value is -0.550. The molecule has 0 saturated heterocycles. The summed E-state index contributed by atoms with van der Waals surface area (Å²) in [6, 6.07) is 0. The van der Waals surface area contributed by atoms with Crippen molar-refractivity contribution in [2.24, 2.45) is 5.92 Å². The van der Waals surface area contributed by atoms with E-state index in [0.29, 0.717) is 0 Å². The third-order valence-electron chi connectivity index (χ3n) is 2.12. The molecule has 0 spiro atoms. The summed E-state index contributed by atoms with van der Waals surface area (Å²) in [6.45, 7) is 3.99. The van der Waals surface area contributed by atoms with Gasteiger partial charge in [0.2, 0.25) is 0 Å². The highest BCUT2D eigenvalue weighted by molar-refractivity contribution is 7.98. The number of aryl methyl sites for hydroxylation is 1. The molecule has 90 valence electrons. The summed E-state index contributed by atoms with van der Waals surface area (Å²) < 4.78 is 4.67. The largest absolute Gasteiger partial charge is 0.469 e. The zero-order valence-corrected chi connectivity index (χ0v) is 11.5. The topological polar surface area (TPSA) is 39.2 Å². The first-order valence-corrected chi connectivity index (χ1v) is 7.29. The van der Waals surface area contributed by atoms with Crippen LogP contribution >= 0.6 is 23.1 Å². The number of methoxy groups -OCH3 is 1. The summed E-state index contributed by atoms with van der Waals surface area (Å²) in [7, 11) is 1.43. The van der Waals surface area contributed by atoms with Crippen molar-refractivity contribution in [2.45, 2.75) is 26.0 Å². The minimum Gasteiger partial charge on any atom is -0.469 e. The van der Waals surface area contributed by atoms with Crippen LogP contribution in [0.4, 0.5) is 0 Å². The molecule has 0 fully saturated rings. The molecule has 1 aromatic rings. The van der Waals surface area contributed by atoms with Gasteiger partial charge in [-0.3, -0.25) is 4.79 Å². The van der Waals surface area contributed by atoms with E-state index in [1.807, 2.05) is 6.92 Å². The van der Waals surface area contributed by atoms with Crippen LogP contribution in [-0.4, -0.2) is 23.8 Å². The lowest BCUT2D eigenvalue weighted by Gasteiger charge is -2.07. The monoisotopic (exact) mass is 259 g/mol. The Morgan fingerprint density at radius 3 is 3.00 bits per heavy atom. The first-order valence-electron chi connectivity index (χ1n) is 5.26. The van der Waals surface area contributed by atoms with Crippen molar-refractivity contribution < 1.29 is 9.53 Å². The van der Waals surface area contributed by atoms with Crippen LogP contribution in [0.2, 0.25) is 0 Å².